The number of allylic oxidation sites excluding steroid dienone is 1. The molecule has 0 spiro atoms. The van der Waals surface area contributed by atoms with Crippen LogP contribution in [-0.4, -0.2) is 24.9 Å². The van der Waals surface area contributed by atoms with Crippen molar-refractivity contribution in [1.82, 2.24) is 0 Å². The van der Waals surface area contributed by atoms with Gasteiger partial charge in [-0.25, -0.2) is 0 Å². The molecular formula is C3H3OTe. The molecule has 0 saturated carbocycles. The van der Waals surface area contributed by atoms with E-state index in [-0.39, 0.29) is 20.9 Å². The minimum absolute atomic E-state index is 0.132. The van der Waals surface area contributed by atoms with Crippen LogP contribution >= 0.6 is 0 Å². The second-order valence-corrected chi connectivity index (χ2v) is 2.53. The number of rotatable bonds is 0. The van der Waals surface area contributed by atoms with Crippen molar-refractivity contribution in [3.63, 3.8) is 0 Å². The first-order chi connectivity index (χ1) is 2.50. The van der Waals surface area contributed by atoms with E-state index in [1.54, 1.807) is 6.26 Å². The second kappa shape index (κ2) is 1.59. The maximum absolute atomic E-state index is 4.84. The van der Waals surface area contributed by atoms with Crippen LogP contribution in [0.1, 0.15) is 0 Å². The molecule has 0 aromatic carbocycles. The number of hydrogen-bond donors (Lipinski definition) is 0. The van der Waals surface area contributed by atoms with Gasteiger partial charge in [0.1, 0.15) is 0 Å². The zero-order valence-corrected chi connectivity index (χ0v) is 4.88. The van der Waals surface area contributed by atoms with Gasteiger partial charge < -0.3 is 0 Å². The molecule has 1 rings (SSSR count). The van der Waals surface area contributed by atoms with Crippen molar-refractivity contribution in [2.24, 2.45) is 0 Å². The van der Waals surface area contributed by atoms with Crippen LogP contribution in [0, 0.1) is 0 Å². The molecule has 27 valence electrons. The quantitative estimate of drug-likeness (QED) is 0.478. The first-order valence-electron chi connectivity index (χ1n) is 1.30. The third-order valence-corrected chi connectivity index (χ3v) is 1.72. The predicted octanol–water partition coefficient (Wildman–Crippen LogP) is -0.0483. The summed E-state index contributed by atoms with van der Waals surface area (Å²) >= 11 is -0.132. The summed E-state index contributed by atoms with van der Waals surface area (Å²) in [6.07, 6.45) is 3.68. The molecule has 1 nitrogen and oxygen atoms in total. The molecule has 5 heavy (non-hydrogen) atoms. The summed E-state index contributed by atoms with van der Waals surface area (Å²) < 4.78 is 6.93. The molecule has 0 bridgehead atoms. The van der Waals surface area contributed by atoms with Crippen molar-refractivity contribution in [2.75, 3.05) is 0 Å². The van der Waals surface area contributed by atoms with E-state index in [1.807, 2.05) is 6.08 Å². The van der Waals surface area contributed by atoms with E-state index in [9.17, 15) is 0 Å². The van der Waals surface area contributed by atoms with Crippen LogP contribution in [0.25, 0.3) is 0 Å². The summed E-state index contributed by atoms with van der Waals surface area (Å²) in [4.78, 5) is 0. The Labute approximate surface area is 40.7 Å². The Morgan fingerprint density at radius 2 is 2.60 bits per heavy atom. The minimum atomic E-state index is -0.132. The fraction of sp³-hybridized carbons (Fsp3) is 0. The Kier molecular flexibility index (Phi) is 1.08. The summed E-state index contributed by atoms with van der Waals surface area (Å²) in [5, 5.41) is 0. The average molecular weight is 183 g/mol. The molecular weight excluding hydrogens is 180 g/mol. The van der Waals surface area contributed by atoms with Crippen molar-refractivity contribution < 1.29 is 3.10 Å². The van der Waals surface area contributed by atoms with E-state index in [1.165, 1.54) is 0 Å². The van der Waals surface area contributed by atoms with Gasteiger partial charge >= 0.3 is 40.4 Å². The van der Waals surface area contributed by atoms with Crippen LogP contribution in [-0.2, 0) is 3.10 Å². The molecule has 1 aliphatic heterocycles. The van der Waals surface area contributed by atoms with Crippen LogP contribution < -0.4 is 0 Å². The fourth-order valence-electron chi connectivity index (χ4n) is 0.160. The van der Waals surface area contributed by atoms with Gasteiger partial charge in [-0.2, -0.15) is 0 Å². The number of hydrogen-bond acceptors (Lipinski definition) is 1. The predicted molar refractivity (Wildman–Crippen MR) is 22.0 cm³/mol. The van der Waals surface area contributed by atoms with Gasteiger partial charge in [0.05, 0.1) is 0 Å². The van der Waals surface area contributed by atoms with E-state index < -0.39 is 0 Å². The maximum atomic E-state index is 4.84. The van der Waals surface area contributed by atoms with Gasteiger partial charge in [0, 0.05) is 0 Å². The summed E-state index contributed by atoms with van der Waals surface area (Å²) in [5.74, 6) is 0. The van der Waals surface area contributed by atoms with Gasteiger partial charge in [-0.1, -0.05) is 0 Å². The Morgan fingerprint density at radius 3 is 2.80 bits per heavy atom. The van der Waals surface area contributed by atoms with Gasteiger partial charge in [0.25, 0.3) is 0 Å². The molecule has 0 aromatic rings. The molecule has 0 fully saturated rings. The SMILES string of the molecule is C1=CO[Te]=C1. The molecule has 0 aliphatic carbocycles. The summed E-state index contributed by atoms with van der Waals surface area (Å²) in [7, 11) is 0. The molecule has 0 N–H and O–H groups in total. The molecule has 0 aromatic heterocycles. The van der Waals surface area contributed by atoms with Gasteiger partial charge in [0.15, 0.2) is 0 Å². The van der Waals surface area contributed by atoms with Gasteiger partial charge in [-0.05, 0) is 0 Å². The van der Waals surface area contributed by atoms with Crippen LogP contribution in [0.5, 0.6) is 0 Å². The molecule has 0 saturated heterocycles. The third kappa shape index (κ3) is 0.752. The molecule has 1 aliphatic rings. The molecule has 1 heterocycles. The monoisotopic (exact) mass is 185 g/mol. The van der Waals surface area contributed by atoms with Crippen molar-refractivity contribution >= 4 is 24.9 Å². The summed E-state index contributed by atoms with van der Waals surface area (Å²) in [6.45, 7) is 0. The van der Waals surface area contributed by atoms with E-state index in [4.69, 9.17) is 3.10 Å². The average Bonchev–Trinajstić information content (AvgIpc) is 1.76. The second-order valence-electron chi connectivity index (χ2n) is 0.657. The molecule has 0 atom stereocenters. The Hall–Kier alpha value is 0.200. The molecule has 0 unspecified atom stereocenters. The van der Waals surface area contributed by atoms with Crippen LogP contribution in [0.2, 0.25) is 0 Å². The first kappa shape index (κ1) is 3.39. The zero-order valence-electron chi connectivity index (χ0n) is 2.55. The molecule has 2 heteroatoms. The van der Waals surface area contributed by atoms with E-state index in [2.05, 4.69) is 4.05 Å². The van der Waals surface area contributed by atoms with Crippen LogP contribution in [0.4, 0.5) is 0 Å². The topological polar surface area (TPSA) is 9.23 Å². The Bertz CT molecular complexity index is 65.0. The van der Waals surface area contributed by atoms with E-state index in [0.29, 0.717) is 0 Å². The van der Waals surface area contributed by atoms with Crippen molar-refractivity contribution in [3.05, 3.63) is 12.3 Å². The van der Waals surface area contributed by atoms with Crippen molar-refractivity contribution in [2.45, 2.75) is 0 Å². The Morgan fingerprint density at radius 1 is 1.60 bits per heavy atom. The van der Waals surface area contributed by atoms with Gasteiger partial charge in [-0.3, -0.25) is 0 Å². The van der Waals surface area contributed by atoms with Crippen LogP contribution in [0.3, 0.4) is 0 Å². The molecule has 0 amide bonds. The fourth-order valence-corrected chi connectivity index (χ4v) is 1.08. The Balaban J connectivity index is 2.61. The standard InChI is InChI=1S/C3H3OTe/c1-2-4-5-3-1/h1-3H. The van der Waals surface area contributed by atoms with E-state index in [0.717, 1.165) is 0 Å². The summed E-state index contributed by atoms with van der Waals surface area (Å²) in [5.41, 5.74) is 0. The zero-order chi connectivity index (χ0) is 3.54. The third-order valence-electron chi connectivity index (χ3n) is 0.324. The summed E-state index contributed by atoms with van der Waals surface area (Å²) in [6, 6.07) is 0. The van der Waals surface area contributed by atoms with Crippen molar-refractivity contribution in [3.8, 4) is 0 Å². The van der Waals surface area contributed by atoms with Gasteiger partial charge in [-0.15, -0.1) is 0 Å². The van der Waals surface area contributed by atoms with Gasteiger partial charge in [0.2, 0.25) is 0 Å². The van der Waals surface area contributed by atoms with Crippen molar-refractivity contribution in [1.29, 1.82) is 0 Å². The normalized spacial score (nSPS) is 16.0. The van der Waals surface area contributed by atoms with E-state index >= 15 is 0 Å². The van der Waals surface area contributed by atoms with Crippen LogP contribution in [0.15, 0.2) is 12.3 Å². The first-order valence-corrected chi connectivity index (χ1v) is 3.60. The molecule has 1 radical (unpaired) electrons.